The Hall–Kier alpha value is -1.64. The summed E-state index contributed by atoms with van der Waals surface area (Å²) >= 11 is 0. The van der Waals surface area contributed by atoms with Gasteiger partial charge in [0.15, 0.2) is 0 Å². The predicted octanol–water partition coefficient (Wildman–Crippen LogP) is 2.27. The SMILES string of the molecule is CC(C)c1cn2ccc(C=O)cc2n1. The van der Waals surface area contributed by atoms with Gasteiger partial charge >= 0.3 is 0 Å². The maximum atomic E-state index is 10.6. The van der Waals surface area contributed by atoms with Crippen molar-refractivity contribution in [2.45, 2.75) is 19.8 Å². The number of aldehydes is 1. The lowest BCUT2D eigenvalue weighted by Crippen LogP contribution is -1.85. The zero-order valence-electron chi connectivity index (χ0n) is 8.27. The van der Waals surface area contributed by atoms with Gasteiger partial charge < -0.3 is 4.40 Å². The van der Waals surface area contributed by atoms with E-state index in [0.29, 0.717) is 11.5 Å². The maximum absolute atomic E-state index is 10.6. The zero-order chi connectivity index (χ0) is 10.1. The molecular formula is C11H12N2O. The number of hydrogen-bond donors (Lipinski definition) is 0. The number of carbonyl (C=O) groups is 1. The zero-order valence-corrected chi connectivity index (χ0v) is 8.27. The number of nitrogens with zero attached hydrogens (tertiary/aromatic N) is 2. The molecule has 0 saturated carbocycles. The number of pyridine rings is 1. The minimum Gasteiger partial charge on any atom is -0.307 e. The highest BCUT2D eigenvalue weighted by molar-refractivity contribution is 5.76. The molecule has 2 heterocycles. The first-order chi connectivity index (χ1) is 6.70. The lowest BCUT2D eigenvalue weighted by molar-refractivity contribution is 0.112. The molecule has 72 valence electrons. The van der Waals surface area contributed by atoms with Crippen LogP contribution in [-0.2, 0) is 0 Å². The number of aromatic nitrogens is 2. The lowest BCUT2D eigenvalue weighted by Gasteiger charge is -1.94. The van der Waals surface area contributed by atoms with E-state index in [-0.39, 0.29) is 0 Å². The Bertz CT molecular complexity index is 471. The van der Waals surface area contributed by atoms with E-state index in [1.54, 1.807) is 12.1 Å². The van der Waals surface area contributed by atoms with E-state index in [2.05, 4.69) is 18.8 Å². The van der Waals surface area contributed by atoms with Gasteiger partial charge in [0, 0.05) is 18.0 Å². The third-order valence-electron chi connectivity index (χ3n) is 2.23. The summed E-state index contributed by atoms with van der Waals surface area (Å²) in [6, 6.07) is 3.57. The number of imidazole rings is 1. The summed E-state index contributed by atoms with van der Waals surface area (Å²) in [5.74, 6) is 0.412. The lowest BCUT2D eigenvalue weighted by atomic mass is 10.2. The van der Waals surface area contributed by atoms with Crippen LogP contribution >= 0.6 is 0 Å². The number of rotatable bonds is 2. The minimum atomic E-state index is 0.412. The molecule has 0 N–H and O–H groups in total. The van der Waals surface area contributed by atoms with E-state index in [0.717, 1.165) is 17.6 Å². The van der Waals surface area contributed by atoms with Gasteiger partial charge in [0.25, 0.3) is 0 Å². The molecule has 0 aliphatic rings. The average molecular weight is 188 g/mol. The molecule has 0 saturated heterocycles. The molecule has 0 aromatic carbocycles. The molecule has 0 spiro atoms. The van der Waals surface area contributed by atoms with Crippen molar-refractivity contribution < 1.29 is 4.79 Å². The third-order valence-corrected chi connectivity index (χ3v) is 2.23. The van der Waals surface area contributed by atoms with Crippen LogP contribution in [-0.4, -0.2) is 15.7 Å². The first kappa shape index (κ1) is 8.94. The Morgan fingerprint density at radius 2 is 2.29 bits per heavy atom. The second-order valence-electron chi connectivity index (χ2n) is 3.66. The Labute approximate surface area is 82.4 Å². The van der Waals surface area contributed by atoms with Gasteiger partial charge in [-0.1, -0.05) is 13.8 Å². The molecule has 0 radical (unpaired) electrons. The molecule has 0 unspecified atom stereocenters. The van der Waals surface area contributed by atoms with Crippen molar-refractivity contribution in [3.05, 3.63) is 35.8 Å². The van der Waals surface area contributed by atoms with Crippen molar-refractivity contribution >= 4 is 11.9 Å². The van der Waals surface area contributed by atoms with Crippen LogP contribution in [0.15, 0.2) is 24.5 Å². The Morgan fingerprint density at radius 1 is 1.50 bits per heavy atom. The van der Waals surface area contributed by atoms with E-state index >= 15 is 0 Å². The van der Waals surface area contributed by atoms with Crippen molar-refractivity contribution in [2.75, 3.05) is 0 Å². The van der Waals surface area contributed by atoms with Crippen LogP contribution in [0.2, 0.25) is 0 Å². The number of carbonyl (C=O) groups excluding carboxylic acids is 1. The van der Waals surface area contributed by atoms with Crippen LogP contribution in [0.5, 0.6) is 0 Å². The fourth-order valence-electron chi connectivity index (χ4n) is 1.37. The van der Waals surface area contributed by atoms with E-state index in [4.69, 9.17) is 0 Å². The van der Waals surface area contributed by atoms with Crippen LogP contribution in [0.3, 0.4) is 0 Å². The number of fused-ring (bicyclic) bond motifs is 1. The van der Waals surface area contributed by atoms with E-state index < -0.39 is 0 Å². The summed E-state index contributed by atoms with van der Waals surface area (Å²) in [6.45, 7) is 4.20. The molecule has 2 aromatic rings. The average Bonchev–Trinajstić information content (AvgIpc) is 2.59. The molecule has 0 aliphatic heterocycles. The van der Waals surface area contributed by atoms with Crippen LogP contribution in [0, 0.1) is 0 Å². The summed E-state index contributed by atoms with van der Waals surface area (Å²) in [7, 11) is 0. The van der Waals surface area contributed by atoms with Crippen molar-refractivity contribution in [2.24, 2.45) is 0 Å². The van der Waals surface area contributed by atoms with Gasteiger partial charge in [-0.2, -0.15) is 0 Å². The van der Waals surface area contributed by atoms with E-state index in [1.807, 2.05) is 16.8 Å². The van der Waals surface area contributed by atoms with Crippen molar-refractivity contribution in [1.82, 2.24) is 9.38 Å². The largest absolute Gasteiger partial charge is 0.307 e. The molecule has 2 rings (SSSR count). The van der Waals surface area contributed by atoms with E-state index in [9.17, 15) is 4.79 Å². The highest BCUT2D eigenvalue weighted by Gasteiger charge is 2.05. The number of hydrogen-bond acceptors (Lipinski definition) is 2. The Balaban J connectivity index is 2.59. The van der Waals surface area contributed by atoms with Gasteiger partial charge in [0.1, 0.15) is 11.9 Å². The van der Waals surface area contributed by atoms with Crippen molar-refractivity contribution in [3.63, 3.8) is 0 Å². The van der Waals surface area contributed by atoms with Crippen molar-refractivity contribution in [1.29, 1.82) is 0 Å². The summed E-state index contributed by atoms with van der Waals surface area (Å²) in [5, 5.41) is 0. The van der Waals surface area contributed by atoms with Crippen LogP contribution < -0.4 is 0 Å². The summed E-state index contributed by atoms with van der Waals surface area (Å²) < 4.78 is 1.93. The molecule has 2 aromatic heterocycles. The summed E-state index contributed by atoms with van der Waals surface area (Å²) in [4.78, 5) is 15.0. The van der Waals surface area contributed by atoms with Crippen molar-refractivity contribution in [3.8, 4) is 0 Å². The molecule has 3 heteroatoms. The van der Waals surface area contributed by atoms with Gasteiger partial charge in [-0.15, -0.1) is 0 Å². The third kappa shape index (κ3) is 1.41. The molecule has 14 heavy (non-hydrogen) atoms. The molecule has 0 bridgehead atoms. The molecule has 0 aliphatic carbocycles. The topological polar surface area (TPSA) is 34.4 Å². The van der Waals surface area contributed by atoms with Crippen LogP contribution in [0.25, 0.3) is 5.65 Å². The van der Waals surface area contributed by atoms with Gasteiger partial charge in [-0.25, -0.2) is 4.98 Å². The second kappa shape index (κ2) is 3.25. The standard InChI is InChI=1S/C11H12N2O/c1-8(2)10-6-13-4-3-9(7-14)5-11(13)12-10/h3-8H,1-2H3. The quantitative estimate of drug-likeness (QED) is 0.677. The predicted molar refractivity (Wildman–Crippen MR) is 54.7 cm³/mol. The summed E-state index contributed by atoms with van der Waals surface area (Å²) in [6.07, 6.45) is 4.69. The first-order valence-corrected chi connectivity index (χ1v) is 4.64. The van der Waals surface area contributed by atoms with Gasteiger partial charge in [-0.3, -0.25) is 4.79 Å². The fourth-order valence-corrected chi connectivity index (χ4v) is 1.37. The molecule has 3 nitrogen and oxygen atoms in total. The van der Waals surface area contributed by atoms with Crippen LogP contribution in [0.1, 0.15) is 35.8 Å². The highest BCUT2D eigenvalue weighted by atomic mass is 16.1. The van der Waals surface area contributed by atoms with Gasteiger partial charge in [-0.05, 0) is 18.1 Å². The highest BCUT2D eigenvalue weighted by Crippen LogP contribution is 2.14. The molecular weight excluding hydrogens is 176 g/mol. The minimum absolute atomic E-state index is 0.412. The fraction of sp³-hybridized carbons (Fsp3) is 0.273. The maximum Gasteiger partial charge on any atom is 0.150 e. The van der Waals surface area contributed by atoms with Gasteiger partial charge in [0.2, 0.25) is 0 Å². The first-order valence-electron chi connectivity index (χ1n) is 4.64. The molecule has 0 fully saturated rings. The Morgan fingerprint density at radius 3 is 2.93 bits per heavy atom. The van der Waals surface area contributed by atoms with Crippen LogP contribution in [0.4, 0.5) is 0 Å². The van der Waals surface area contributed by atoms with E-state index in [1.165, 1.54) is 0 Å². The Kier molecular flexibility index (Phi) is 2.08. The molecule has 0 amide bonds. The second-order valence-corrected chi connectivity index (χ2v) is 3.66. The smallest absolute Gasteiger partial charge is 0.150 e. The monoisotopic (exact) mass is 188 g/mol. The summed E-state index contributed by atoms with van der Waals surface area (Å²) in [5.41, 5.74) is 2.55. The normalized spacial score (nSPS) is 11.1. The molecule has 0 atom stereocenters. The van der Waals surface area contributed by atoms with Gasteiger partial charge in [0.05, 0.1) is 5.69 Å².